The first-order valence-electron chi connectivity index (χ1n) is 4.67. The minimum atomic E-state index is -0.724. The lowest BCUT2D eigenvalue weighted by Gasteiger charge is -2.07. The molecule has 88 valence electrons. The monoisotopic (exact) mass is 227 g/mol. The highest BCUT2D eigenvalue weighted by Crippen LogP contribution is 1.96. The zero-order chi connectivity index (χ0) is 12.3. The van der Waals surface area contributed by atoms with Gasteiger partial charge in [-0.05, 0) is 6.92 Å². The van der Waals surface area contributed by atoms with Crippen molar-refractivity contribution in [2.75, 3.05) is 11.9 Å². The number of hydrogen-bond donors (Lipinski definition) is 1. The molecule has 0 aliphatic carbocycles. The molecule has 7 nitrogen and oxygen atoms in total. The molecular formula is C9H13N3O4. The van der Waals surface area contributed by atoms with Gasteiger partial charge in [-0.25, -0.2) is 9.59 Å². The van der Waals surface area contributed by atoms with E-state index in [0.717, 1.165) is 4.57 Å². The number of nitrogens with zero attached hydrogens (tertiary/aromatic N) is 2. The summed E-state index contributed by atoms with van der Waals surface area (Å²) in [6, 6.07) is 0. The van der Waals surface area contributed by atoms with E-state index in [1.165, 1.54) is 24.9 Å². The predicted octanol–water partition coefficient (Wildman–Crippen LogP) is -0.348. The van der Waals surface area contributed by atoms with Crippen LogP contribution in [0.1, 0.15) is 6.92 Å². The molecule has 1 aromatic heterocycles. The van der Waals surface area contributed by atoms with Crippen LogP contribution in [0, 0.1) is 0 Å². The third-order valence-corrected chi connectivity index (χ3v) is 1.96. The zero-order valence-corrected chi connectivity index (χ0v) is 9.31. The van der Waals surface area contributed by atoms with E-state index in [2.05, 4.69) is 10.1 Å². The number of amides is 1. The number of hydrogen-bond acceptors (Lipinski definition) is 4. The molecule has 0 spiro atoms. The Morgan fingerprint density at radius 3 is 2.62 bits per heavy atom. The van der Waals surface area contributed by atoms with Crippen LogP contribution >= 0.6 is 0 Å². The first-order chi connectivity index (χ1) is 7.47. The average molecular weight is 227 g/mol. The molecule has 1 aromatic rings. The molecule has 0 unspecified atom stereocenters. The van der Waals surface area contributed by atoms with Crippen LogP contribution in [0.2, 0.25) is 0 Å². The summed E-state index contributed by atoms with van der Waals surface area (Å²) < 4.78 is 6.73. The number of carbonyl (C=O) groups is 1. The number of carbonyl (C=O) groups excluding carboxylic acids is 1. The Balaban J connectivity index is 3.12. The van der Waals surface area contributed by atoms with Crippen LogP contribution in [0.4, 0.5) is 10.5 Å². The quantitative estimate of drug-likeness (QED) is 0.748. The molecule has 0 atom stereocenters. The van der Waals surface area contributed by atoms with E-state index in [-0.39, 0.29) is 12.3 Å². The summed E-state index contributed by atoms with van der Waals surface area (Å²) in [5, 5.41) is 2.27. The van der Waals surface area contributed by atoms with Gasteiger partial charge in [0.15, 0.2) is 0 Å². The summed E-state index contributed by atoms with van der Waals surface area (Å²) in [7, 11) is 2.82. The van der Waals surface area contributed by atoms with Gasteiger partial charge in [0.05, 0.1) is 6.61 Å². The van der Waals surface area contributed by atoms with Crippen LogP contribution in [-0.4, -0.2) is 21.8 Å². The summed E-state index contributed by atoms with van der Waals surface area (Å²) in [5.41, 5.74) is -1.03. The van der Waals surface area contributed by atoms with E-state index in [9.17, 15) is 14.4 Å². The normalized spacial score (nSPS) is 9.94. The second-order valence-electron chi connectivity index (χ2n) is 3.15. The van der Waals surface area contributed by atoms with Crippen LogP contribution in [-0.2, 0) is 18.8 Å². The van der Waals surface area contributed by atoms with Crippen molar-refractivity contribution in [3.05, 3.63) is 27.0 Å². The third-order valence-electron chi connectivity index (χ3n) is 1.96. The molecule has 1 heterocycles. The maximum atomic E-state index is 11.6. The Hall–Kier alpha value is -2.05. The Morgan fingerprint density at radius 2 is 2.06 bits per heavy atom. The Morgan fingerprint density at radius 1 is 1.44 bits per heavy atom. The van der Waals surface area contributed by atoms with Crippen LogP contribution in [0.25, 0.3) is 0 Å². The van der Waals surface area contributed by atoms with E-state index in [0.29, 0.717) is 0 Å². The molecule has 7 heteroatoms. The molecule has 0 saturated carbocycles. The van der Waals surface area contributed by atoms with Crippen molar-refractivity contribution in [1.29, 1.82) is 0 Å². The minimum Gasteiger partial charge on any atom is -0.450 e. The van der Waals surface area contributed by atoms with E-state index >= 15 is 0 Å². The summed E-state index contributed by atoms with van der Waals surface area (Å²) in [6.45, 7) is 1.86. The standard InChI is InChI=1S/C9H13N3O4/c1-4-16-8(14)10-6-5-11(2)9(15)12(3)7(6)13/h5H,4H2,1-3H3,(H,10,14). The van der Waals surface area contributed by atoms with Gasteiger partial charge in [-0.15, -0.1) is 0 Å². The molecule has 1 rings (SSSR count). The van der Waals surface area contributed by atoms with Crippen molar-refractivity contribution in [2.24, 2.45) is 14.1 Å². The van der Waals surface area contributed by atoms with Gasteiger partial charge >= 0.3 is 11.8 Å². The fourth-order valence-electron chi connectivity index (χ4n) is 1.17. The van der Waals surface area contributed by atoms with Crippen LogP contribution in [0.3, 0.4) is 0 Å². The van der Waals surface area contributed by atoms with Gasteiger partial charge in [0, 0.05) is 20.3 Å². The summed E-state index contributed by atoms with van der Waals surface area (Å²) in [5.74, 6) is 0. The van der Waals surface area contributed by atoms with Crippen molar-refractivity contribution in [1.82, 2.24) is 9.13 Å². The predicted molar refractivity (Wildman–Crippen MR) is 57.6 cm³/mol. The Labute approximate surface area is 91.3 Å². The minimum absolute atomic E-state index is 0.00282. The topological polar surface area (TPSA) is 82.3 Å². The molecule has 0 aliphatic heterocycles. The first-order valence-corrected chi connectivity index (χ1v) is 4.67. The lowest BCUT2D eigenvalue weighted by Crippen LogP contribution is -2.38. The maximum absolute atomic E-state index is 11.6. The van der Waals surface area contributed by atoms with Crippen LogP contribution in [0.5, 0.6) is 0 Å². The van der Waals surface area contributed by atoms with E-state index < -0.39 is 17.3 Å². The summed E-state index contributed by atoms with van der Waals surface area (Å²) in [6.07, 6.45) is 0.528. The third kappa shape index (κ3) is 2.30. The fourth-order valence-corrected chi connectivity index (χ4v) is 1.17. The van der Waals surface area contributed by atoms with E-state index in [4.69, 9.17) is 0 Å². The van der Waals surface area contributed by atoms with Crippen molar-refractivity contribution in [2.45, 2.75) is 6.92 Å². The van der Waals surface area contributed by atoms with Gasteiger partial charge in [0.25, 0.3) is 5.56 Å². The van der Waals surface area contributed by atoms with Gasteiger partial charge < -0.3 is 9.30 Å². The zero-order valence-electron chi connectivity index (χ0n) is 9.31. The molecular weight excluding hydrogens is 214 g/mol. The van der Waals surface area contributed by atoms with Gasteiger partial charge in [-0.2, -0.15) is 0 Å². The molecule has 0 bridgehead atoms. The lowest BCUT2D eigenvalue weighted by molar-refractivity contribution is 0.168. The van der Waals surface area contributed by atoms with E-state index in [1.54, 1.807) is 6.92 Å². The number of aromatic nitrogens is 2. The number of aryl methyl sites for hydroxylation is 1. The lowest BCUT2D eigenvalue weighted by atomic mass is 10.5. The molecule has 0 aliphatic rings. The van der Waals surface area contributed by atoms with Gasteiger partial charge in [-0.3, -0.25) is 14.7 Å². The molecule has 0 saturated heterocycles. The smallest absolute Gasteiger partial charge is 0.411 e. The van der Waals surface area contributed by atoms with Gasteiger partial charge in [0.2, 0.25) is 0 Å². The van der Waals surface area contributed by atoms with Crippen molar-refractivity contribution >= 4 is 11.8 Å². The number of ether oxygens (including phenoxy) is 1. The number of nitrogens with one attached hydrogen (secondary N) is 1. The highest BCUT2D eigenvalue weighted by atomic mass is 16.5. The molecule has 16 heavy (non-hydrogen) atoms. The molecule has 0 radical (unpaired) electrons. The summed E-state index contributed by atoms with van der Waals surface area (Å²) in [4.78, 5) is 34.0. The van der Waals surface area contributed by atoms with Crippen LogP contribution in [0.15, 0.2) is 15.8 Å². The van der Waals surface area contributed by atoms with Crippen molar-refractivity contribution in [3.63, 3.8) is 0 Å². The molecule has 0 aromatic carbocycles. The van der Waals surface area contributed by atoms with E-state index in [1.807, 2.05) is 0 Å². The Kier molecular flexibility index (Phi) is 3.49. The van der Waals surface area contributed by atoms with Crippen LogP contribution < -0.4 is 16.6 Å². The average Bonchev–Trinajstić information content (AvgIpc) is 2.23. The number of rotatable bonds is 2. The second-order valence-corrected chi connectivity index (χ2v) is 3.15. The number of anilines is 1. The first kappa shape index (κ1) is 12.0. The highest BCUT2D eigenvalue weighted by molar-refractivity contribution is 5.83. The van der Waals surface area contributed by atoms with Crippen molar-refractivity contribution in [3.8, 4) is 0 Å². The summed E-state index contributed by atoms with van der Waals surface area (Å²) >= 11 is 0. The van der Waals surface area contributed by atoms with Gasteiger partial charge in [0.1, 0.15) is 5.69 Å². The second kappa shape index (κ2) is 4.65. The largest absolute Gasteiger partial charge is 0.450 e. The van der Waals surface area contributed by atoms with Gasteiger partial charge in [-0.1, -0.05) is 0 Å². The molecule has 1 N–H and O–H groups in total. The van der Waals surface area contributed by atoms with Crippen molar-refractivity contribution < 1.29 is 9.53 Å². The Bertz CT molecular complexity index is 514. The highest BCUT2D eigenvalue weighted by Gasteiger charge is 2.09. The SMILES string of the molecule is CCOC(=O)Nc1cn(C)c(=O)n(C)c1=O. The molecule has 1 amide bonds. The maximum Gasteiger partial charge on any atom is 0.411 e. The molecule has 0 fully saturated rings. The fraction of sp³-hybridized carbons (Fsp3) is 0.444.